The van der Waals surface area contributed by atoms with Gasteiger partial charge in [-0.2, -0.15) is 0 Å². The Morgan fingerprint density at radius 2 is 1.85 bits per heavy atom. The quantitative estimate of drug-likeness (QED) is 0.511. The van der Waals surface area contributed by atoms with Crippen LogP contribution in [0.1, 0.15) is 52.2 Å². The molecule has 2 aliphatic rings. The van der Waals surface area contributed by atoms with Gasteiger partial charge in [0.2, 0.25) is 11.6 Å². The van der Waals surface area contributed by atoms with E-state index in [2.05, 4.69) is 16.0 Å². The second-order valence-electron chi connectivity index (χ2n) is 6.52. The van der Waals surface area contributed by atoms with E-state index in [0.717, 1.165) is 23.3 Å². The van der Waals surface area contributed by atoms with E-state index in [1.807, 2.05) is 18.2 Å². The number of hydrogen-bond donors (Lipinski definition) is 0. The Labute approximate surface area is 158 Å². The van der Waals surface area contributed by atoms with Crippen LogP contribution in [0.5, 0.6) is 0 Å². The maximum absolute atomic E-state index is 13.0. The highest BCUT2D eigenvalue weighted by Crippen LogP contribution is 2.31. The fourth-order valence-electron chi connectivity index (χ4n) is 3.55. The van der Waals surface area contributed by atoms with Crippen LogP contribution >= 0.6 is 11.3 Å². The zero-order chi connectivity index (χ0) is 18.5. The molecule has 0 unspecified atom stereocenters. The fraction of sp³-hybridized carbons (Fsp3) is 0.150. The predicted molar refractivity (Wildman–Crippen MR) is 98.1 cm³/mol. The highest BCUT2D eigenvalue weighted by atomic mass is 32.1. The van der Waals surface area contributed by atoms with Crippen molar-refractivity contribution in [1.82, 2.24) is 14.9 Å². The first-order valence-corrected chi connectivity index (χ1v) is 9.35. The lowest BCUT2D eigenvalue weighted by atomic mass is 9.93. The number of carbonyl (C=O) groups is 3. The summed E-state index contributed by atoms with van der Waals surface area (Å²) in [6.07, 6.45) is 3.64. The SMILES string of the molecule is O=C1c2cnccc2C(=O)c2sc(C(=O)N3CCc4ccccc4C3)nc21. The number of amides is 1. The molecule has 5 rings (SSSR count). The van der Waals surface area contributed by atoms with E-state index in [-0.39, 0.29) is 38.6 Å². The number of aromatic nitrogens is 2. The Balaban J connectivity index is 1.49. The van der Waals surface area contributed by atoms with Gasteiger partial charge in [0.1, 0.15) is 10.6 Å². The molecule has 1 aliphatic carbocycles. The molecule has 1 amide bonds. The van der Waals surface area contributed by atoms with Crippen LogP contribution in [0.3, 0.4) is 0 Å². The van der Waals surface area contributed by atoms with E-state index in [1.54, 1.807) is 4.90 Å². The lowest BCUT2D eigenvalue weighted by molar-refractivity contribution is 0.0734. The minimum Gasteiger partial charge on any atom is -0.332 e. The molecular weight excluding hydrogens is 362 g/mol. The third-order valence-electron chi connectivity index (χ3n) is 4.96. The first-order valence-electron chi connectivity index (χ1n) is 8.54. The number of thiazole rings is 1. The number of carbonyl (C=O) groups excluding carboxylic acids is 3. The van der Waals surface area contributed by atoms with Crippen molar-refractivity contribution >= 4 is 28.8 Å². The van der Waals surface area contributed by atoms with Crippen molar-refractivity contribution in [3.8, 4) is 0 Å². The second-order valence-corrected chi connectivity index (χ2v) is 7.52. The predicted octanol–water partition coefficient (Wildman–Crippen LogP) is 2.51. The number of nitrogens with zero attached hydrogens (tertiary/aromatic N) is 3. The van der Waals surface area contributed by atoms with Gasteiger partial charge in [-0.1, -0.05) is 24.3 Å². The molecule has 0 spiro atoms. The molecule has 0 N–H and O–H groups in total. The number of ketones is 2. The summed E-state index contributed by atoms with van der Waals surface area (Å²) in [6, 6.07) is 9.56. The van der Waals surface area contributed by atoms with Crippen molar-refractivity contribution in [1.29, 1.82) is 0 Å². The van der Waals surface area contributed by atoms with E-state index in [0.29, 0.717) is 18.7 Å². The number of hydrogen-bond acceptors (Lipinski definition) is 6. The smallest absolute Gasteiger partial charge is 0.283 e. The minimum absolute atomic E-state index is 0.0614. The summed E-state index contributed by atoms with van der Waals surface area (Å²) in [4.78, 5) is 48.4. The standard InChI is InChI=1S/C20H13N3O3S/c24-16-14-9-21-7-5-13(14)17(25)18-15(16)22-19(27-18)20(26)23-8-6-11-3-1-2-4-12(11)10-23/h1-5,7,9H,6,8,10H2. The van der Waals surface area contributed by atoms with E-state index < -0.39 is 0 Å². The topological polar surface area (TPSA) is 80.2 Å². The van der Waals surface area contributed by atoms with E-state index in [9.17, 15) is 14.4 Å². The van der Waals surface area contributed by atoms with Gasteiger partial charge in [-0.25, -0.2) is 4.98 Å². The van der Waals surface area contributed by atoms with Gasteiger partial charge in [0.05, 0.1) is 5.56 Å². The summed E-state index contributed by atoms with van der Waals surface area (Å²) >= 11 is 1.00. The van der Waals surface area contributed by atoms with Crippen LogP contribution in [0.15, 0.2) is 42.7 Å². The third kappa shape index (κ3) is 2.43. The van der Waals surface area contributed by atoms with E-state index in [1.165, 1.54) is 24.0 Å². The van der Waals surface area contributed by atoms with Crippen molar-refractivity contribution in [2.45, 2.75) is 13.0 Å². The summed E-state index contributed by atoms with van der Waals surface area (Å²) in [5.74, 6) is -0.874. The molecule has 3 heterocycles. The third-order valence-corrected chi connectivity index (χ3v) is 6.00. The van der Waals surface area contributed by atoms with Crippen molar-refractivity contribution in [3.05, 3.63) is 80.6 Å². The summed E-state index contributed by atoms with van der Waals surface area (Å²) in [7, 11) is 0. The summed E-state index contributed by atoms with van der Waals surface area (Å²) in [5.41, 5.74) is 2.98. The number of rotatable bonds is 1. The van der Waals surface area contributed by atoms with Crippen LogP contribution in [-0.4, -0.2) is 38.9 Å². The number of fused-ring (bicyclic) bond motifs is 3. The highest BCUT2D eigenvalue weighted by molar-refractivity contribution is 7.16. The molecule has 1 aromatic carbocycles. The van der Waals surface area contributed by atoms with E-state index >= 15 is 0 Å². The first-order chi connectivity index (χ1) is 13.1. The van der Waals surface area contributed by atoms with Crippen LogP contribution in [0, 0.1) is 0 Å². The summed E-state index contributed by atoms with van der Waals surface area (Å²) < 4.78 is 0. The lowest BCUT2D eigenvalue weighted by Crippen LogP contribution is -2.35. The van der Waals surface area contributed by atoms with Crippen LogP contribution in [0.2, 0.25) is 0 Å². The molecule has 7 heteroatoms. The monoisotopic (exact) mass is 375 g/mol. The molecule has 0 saturated carbocycles. The fourth-order valence-corrected chi connectivity index (χ4v) is 4.53. The minimum atomic E-state index is -0.355. The van der Waals surface area contributed by atoms with Crippen molar-refractivity contribution in [3.63, 3.8) is 0 Å². The lowest BCUT2D eigenvalue weighted by Gasteiger charge is -2.28. The van der Waals surface area contributed by atoms with Crippen molar-refractivity contribution < 1.29 is 14.4 Å². The molecule has 3 aromatic rings. The van der Waals surface area contributed by atoms with Crippen molar-refractivity contribution in [2.75, 3.05) is 6.54 Å². The van der Waals surface area contributed by atoms with E-state index in [4.69, 9.17) is 0 Å². The Bertz CT molecular complexity index is 1080. The number of pyridine rings is 1. The summed E-state index contributed by atoms with van der Waals surface area (Å²) in [6.45, 7) is 1.09. The molecule has 0 bridgehead atoms. The van der Waals surface area contributed by atoms with Gasteiger partial charge in [0, 0.05) is 31.0 Å². The molecule has 27 heavy (non-hydrogen) atoms. The largest absolute Gasteiger partial charge is 0.332 e. The van der Waals surface area contributed by atoms with Gasteiger partial charge in [-0.15, -0.1) is 11.3 Å². The van der Waals surface area contributed by atoms with Crippen molar-refractivity contribution in [2.24, 2.45) is 0 Å². The van der Waals surface area contributed by atoms with Crippen LogP contribution in [-0.2, 0) is 13.0 Å². The number of benzene rings is 1. The maximum Gasteiger partial charge on any atom is 0.283 e. The Kier molecular flexibility index (Phi) is 3.51. The molecule has 1 aliphatic heterocycles. The van der Waals surface area contributed by atoms with Gasteiger partial charge in [-0.3, -0.25) is 19.4 Å². The first kappa shape index (κ1) is 16.0. The molecule has 0 atom stereocenters. The second kappa shape index (κ2) is 5.92. The molecule has 2 aromatic heterocycles. The molecule has 0 fully saturated rings. The molecule has 0 radical (unpaired) electrons. The average Bonchev–Trinajstić information content (AvgIpc) is 3.17. The zero-order valence-corrected chi connectivity index (χ0v) is 15.0. The molecule has 6 nitrogen and oxygen atoms in total. The Morgan fingerprint density at radius 1 is 1.04 bits per heavy atom. The van der Waals surface area contributed by atoms with Crippen LogP contribution in [0.25, 0.3) is 0 Å². The van der Waals surface area contributed by atoms with Gasteiger partial charge < -0.3 is 4.90 Å². The molecular formula is C20H13N3O3S. The van der Waals surface area contributed by atoms with Gasteiger partial charge >= 0.3 is 0 Å². The Morgan fingerprint density at radius 3 is 2.70 bits per heavy atom. The summed E-state index contributed by atoms with van der Waals surface area (Å²) in [5, 5.41) is 0.182. The maximum atomic E-state index is 13.0. The Hall–Kier alpha value is -3.19. The van der Waals surface area contributed by atoms with Gasteiger partial charge in [0.25, 0.3) is 5.91 Å². The normalized spacial score (nSPS) is 15.2. The van der Waals surface area contributed by atoms with Crippen LogP contribution < -0.4 is 0 Å². The molecule has 132 valence electrons. The van der Waals surface area contributed by atoms with Crippen LogP contribution in [0.4, 0.5) is 0 Å². The van der Waals surface area contributed by atoms with Gasteiger partial charge in [0.15, 0.2) is 5.01 Å². The highest BCUT2D eigenvalue weighted by Gasteiger charge is 2.35. The van der Waals surface area contributed by atoms with Gasteiger partial charge in [-0.05, 0) is 23.6 Å². The zero-order valence-electron chi connectivity index (χ0n) is 14.1. The average molecular weight is 375 g/mol. The molecule has 0 saturated heterocycles.